The van der Waals surface area contributed by atoms with Crippen molar-refractivity contribution in [1.82, 2.24) is 9.61 Å². The highest BCUT2D eigenvalue weighted by Gasteiger charge is 2.04. The first kappa shape index (κ1) is 7.94. The van der Waals surface area contributed by atoms with Crippen molar-refractivity contribution in [1.29, 1.82) is 0 Å². The number of aliphatic hydroxyl groups is 1. The summed E-state index contributed by atoms with van der Waals surface area (Å²) in [4.78, 5) is 11.1. The molecule has 0 bridgehead atoms. The van der Waals surface area contributed by atoms with E-state index < -0.39 is 6.61 Å². The molecule has 2 aromatic heterocycles. The number of carbonyl (C=O) groups is 1. The number of ketones is 1. The van der Waals surface area contributed by atoms with Gasteiger partial charge < -0.3 is 5.11 Å². The van der Waals surface area contributed by atoms with Crippen LogP contribution in [0.5, 0.6) is 0 Å². The lowest BCUT2D eigenvalue weighted by Crippen LogP contribution is -2.04. The summed E-state index contributed by atoms with van der Waals surface area (Å²) >= 11 is 0. The largest absolute Gasteiger partial charge is 0.388 e. The van der Waals surface area contributed by atoms with Gasteiger partial charge in [0.05, 0.1) is 5.52 Å². The Morgan fingerprint density at radius 2 is 2.38 bits per heavy atom. The van der Waals surface area contributed by atoms with E-state index >= 15 is 0 Å². The van der Waals surface area contributed by atoms with E-state index in [1.165, 1.54) is 0 Å². The molecule has 0 aromatic carbocycles. The van der Waals surface area contributed by atoms with Gasteiger partial charge in [0.15, 0.2) is 5.78 Å². The molecular weight excluding hydrogens is 168 g/mol. The third-order valence-corrected chi connectivity index (χ3v) is 1.87. The number of hydrogen-bond acceptors (Lipinski definition) is 3. The summed E-state index contributed by atoms with van der Waals surface area (Å²) < 4.78 is 1.66. The van der Waals surface area contributed by atoms with Gasteiger partial charge in [-0.2, -0.15) is 5.10 Å². The topological polar surface area (TPSA) is 54.6 Å². The number of nitrogens with zero attached hydrogens (tertiary/aromatic N) is 2. The molecule has 13 heavy (non-hydrogen) atoms. The minimum atomic E-state index is -0.454. The number of pyridine rings is 1. The Morgan fingerprint density at radius 3 is 3.15 bits per heavy atom. The molecule has 4 nitrogen and oxygen atoms in total. The molecule has 0 fully saturated rings. The SMILES string of the molecule is O=C(CO)c1ccn2nccc2c1. The van der Waals surface area contributed by atoms with Crippen LogP contribution in [-0.2, 0) is 0 Å². The molecule has 0 unspecified atom stereocenters. The highest BCUT2D eigenvalue weighted by Crippen LogP contribution is 2.06. The number of hydrogen-bond donors (Lipinski definition) is 1. The Labute approximate surface area is 74.4 Å². The summed E-state index contributed by atoms with van der Waals surface area (Å²) in [7, 11) is 0. The highest BCUT2D eigenvalue weighted by atomic mass is 16.3. The van der Waals surface area contributed by atoms with Crippen molar-refractivity contribution >= 4 is 11.3 Å². The van der Waals surface area contributed by atoms with Gasteiger partial charge >= 0.3 is 0 Å². The smallest absolute Gasteiger partial charge is 0.188 e. The minimum Gasteiger partial charge on any atom is -0.388 e. The van der Waals surface area contributed by atoms with Gasteiger partial charge in [-0.3, -0.25) is 4.79 Å². The Hall–Kier alpha value is -1.68. The van der Waals surface area contributed by atoms with E-state index in [0.717, 1.165) is 5.52 Å². The van der Waals surface area contributed by atoms with E-state index in [1.807, 2.05) is 0 Å². The van der Waals surface area contributed by atoms with Gasteiger partial charge in [0.1, 0.15) is 6.61 Å². The number of aliphatic hydroxyl groups excluding tert-OH is 1. The van der Waals surface area contributed by atoms with Crippen molar-refractivity contribution < 1.29 is 9.90 Å². The average molecular weight is 176 g/mol. The molecular formula is C9H8N2O2. The first-order chi connectivity index (χ1) is 6.31. The van der Waals surface area contributed by atoms with E-state index in [0.29, 0.717) is 5.56 Å². The molecule has 0 amide bonds. The molecule has 66 valence electrons. The van der Waals surface area contributed by atoms with Crippen LogP contribution in [0, 0.1) is 0 Å². The second-order valence-corrected chi connectivity index (χ2v) is 2.70. The Kier molecular flexibility index (Phi) is 1.83. The average Bonchev–Trinajstić information content (AvgIpc) is 2.63. The van der Waals surface area contributed by atoms with Crippen molar-refractivity contribution in [2.75, 3.05) is 6.61 Å². The number of aromatic nitrogens is 2. The monoisotopic (exact) mass is 176 g/mol. The van der Waals surface area contributed by atoms with Gasteiger partial charge in [-0.25, -0.2) is 4.52 Å². The van der Waals surface area contributed by atoms with Crippen LogP contribution in [0.4, 0.5) is 0 Å². The van der Waals surface area contributed by atoms with Crippen molar-refractivity contribution in [3.8, 4) is 0 Å². The van der Waals surface area contributed by atoms with Crippen molar-refractivity contribution in [3.05, 3.63) is 36.2 Å². The van der Waals surface area contributed by atoms with E-state index in [-0.39, 0.29) is 5.78 Å². The molecule has 0 saturated carbocycles. The third-order valence-electron chi connectivity index (χ3n) is 1.87. The zero-order chi connectivity index (χ0) is 9.26. The quantitative estimate of drug-likeness (QED) is 0.678. The zero-order valence-corrected chi connectivity index (χ0v) is 6.84. The van der Waals surface area contributed by atoms with E-state index in [4.69, 9.17) is 5.11 Å². The number of Topliss-reactive ketones (excluding diaryl/α,β-unsaturated/α-hetero) is 1. The van der Waals surface area contributed by atoms with Crippen LogP contribution < -0.4 is 0 Å². The van der Waals surface area contributed by atoms with E-state index in [1.54, 1.807) is 35.1 Å². The third kappa shape index (κ3) is 1.31. The molecule has 2 aromatic rings. The van der Waals surface area contributed by atoms with Crippen LogP contribution in [0.25, 0.3) is 5.52 Å². The van der Waals surface area contributed by atoms with Gasteiger partial charge in [0, 0.05) is 18.0 Å². The van der Waals surface area contributed by atoms with Gasteiger partial charge in [0.2, 0.25) is 0 Å². The lowest BCUT2D eigenvalue weighted by molar-refractivity contribution is 0.0904. The molecule has 0 aliphatic rings. The van der Waals surface area contributed by atoms with Crippen LogP contribution in [0.3, 0.4) is 0 Å². The van der Waals surface area contributed by atoms with Crippen LogP contribution in [0.1, 0.15) is 10.4 Å². The summed E-state index contributed by atoms with van der Waals surface area (Å²) in [5.41, 5.74) is 1.36. The van der Waals surface area contributed by atoms with Crippen LogP contribution in [-0.4, -0.2) is 27.1 Å². The number of rotatable bonds is 2. The van der Waals surface area contributed by atoms with Crippen LogP contribution in [0.15, 0.2) is 30.6 Å². The van der Waals surface area contributed by atoms with Crippen LogP contribution >= 0.6 is 0 Å². The lowest BCUT2D eigenvalue weighted by atomic mass is 10.2. The molecule has 0 aliphatic heterocycles. The molecule has 2 heterocycles. The molecule has 0 aliphatic carbocycles. The highest BCUT2D eigenvalue weighted by molar-refractivity contribution is 5.97. The zero-order valence-electron chi connectivity index (χ0n) is 6.84. The van der Waals surface area contributed by atoms with Crippen LogP contribution in [0.2, 0.25) is 0 Å². The molecule has 0 atom stereocenters. The maximum absolute atomic E-state index is 11.1. The first-order valence-electron chi connectivity index (χ1n) is 3.89. The standard InChI is InChI=1S/C9H8N2O2/c12-6-9(13)7-2-4-11-8(5-7)1-3-10-11/h1-5,12H,6H2. The summed E-state index contributed by atoms with van der Waals surface area (Å²) in [6, 6.07) is 5.14. The molecule has 0 spiro atoms. The minimum absolute atomic E-state index is 0.274. The molecule has 4 heteroatoms. The normalized spacial score (nSPS) is 10.5. The first-order valence-corrected chi connectivity index (χ1v) is 3.89. The Balaban J connectivity index is 2.54. The lowest BCUT2D eigenvalue weighted by Gasteiger charge is -1.97. The molecule has 0 saturated heterocycles. The van der Waals surface area contributed by atoms with Gasteiger partial charge in [-0.1, -0.05) is 0 Å². The maximum Gasteiger partial charge on any atom is 0.188 e. The summed E-state index contributed by atoms with van der Waals surface area (Å²) in [6.07, 6.45) is 3.35. The van der Waals surface area contributed by atoms with Crippen molar-refractivity contribution in [3.63, 3.8) is 0 Å². The summed E-state index contributed by atoms with van der Waals surface area (Å²) in [6.45, 7) is -0.454. The maximum atomic E-state index is 11.1. The molecule has 1 N–H and O–H groups in total. The fourth-order valence-corrected chi connectivity index (χ4v) is 1.19. The van der Waals surface area contributed by atoms with E-state index in [2.05, 4.69) is 5.10 Å². The predicted octanol–water partition coefficient (Wildman–Crippen LogP) is 0.509. The fraction of sp³-hybridized carbons (Fsp3) is 0.111. The Morgan fingerprint density at radius 1 is 1.54 bits per heavy atom. The summed E-state index contributed by atoms with van der Waals surface area (Å²) in [5.74, 6) is -0.274. The predicted molar refractivity (Wildman–Crippen MR) is 46.6 cm³/mol. The van der Waals surface area contributed by atoms with Crippen molar-refractivity contribution in [2.24, 2.45) is 0 Å². The van der Waals surface area contributed by atoms with Crippen molar-refractivity contribution in [2.45, 2.75) is 0 Å². The molecule has 0 radical (unpaired) electrons. The number of fused-ring (bicyclic) bond motifs is 1. The van der Waals surface area contributed by atoms with E-state index in [9.17, 15) is 4.79 Å². The second kappa shape index (κ2) is 2.99. The van der Waals surface area contributed by atoms with Gasteiger partial charge in [0.25, 0.3) is 0 Å². The summed E-state index contributed by atoms with van der Waals surface area (Å²) in [5, 5.41) is 12.6. The second-order valence-electron chi connectivity index (χ2n) is 2.70. The fourth-order valence-electron chi connectivity index (χ4n) is 1.19. The number of carbonyl (C=O) groups excluding carboxylic acids is 1. The molecule has 2 rings (SSSR count). The van der Waals surface area contributed by atoms with Gasteiger partial charge in [-0.05, 0) is 18.2 Å². The van der Waals surface area contributed by atoms with Gasteiger partial charge in [-0.15, -0.1) is 0 Å². The Bertz CT molecular complexity index is 448.